The van der Waals surface area contributed by atoms with Crippen molar-refractivity contribution in [2.24, 2.45) is 5.84 Å². The Morgan fingerprint density at radius 2 is 2.38 bits per heavy atom. The van der Waals surface area contributed by atoms with Gasteiger partial charge in [0.2, 0.25) is 0 Å². The Balaban J connectivity index is 2.58. The number of halogens is 1. The average molecular weight is 220 g/mol. The largest absolute Gasteiger partial charge is 0.330 e. The molecule has 0 aromatic carbocycles. The molecule has 2 amide bonds. The van der Waals surface area contributed by atoms with Crippen LogP contribution >= 0.6 is 22.9 Å². The molecule has 0 aliphatic carbocycles. The summed E-state index contributed by atoms with van der Waals surface area (Å²) < 4.78 is 0.705. The minimum absolute atomic E-state index is 0.0824. The standard InChI is InChI=1S/C7H10ClN3OS/c1-4(10-7(12)11-9)5-2-3-6(8)13-5/h2-4H,9H2,1H3,(H2,10,11,12). The molecule has 1 aromatic heterocycles. The summed E-state index contributed by atoms with van der Waals surface area (Å²) in [6.45, 7) is 1.86. The van der Waals surface area contributed by atoms with Gasteiger partial charge in [0.1, 0.15) is 0 Å². The summed E-state index contributed by atoms with van der Waals surface area (Å²) >= 11 is 7.17. The van der Waals surface area contributed by atoms with Gasteiger partial charge in [-0.15, -0.1) is 11.3 Å². The Morgan fingerprint density at radius 3 is 2.85 bits per heavy atom. The van der Waals surface area contributed by atoms with E-state index in [9.17, 15) is 4.79 Å². The second-order valence-corrected chi connectivity index (χ2v) is 4.23. The fourth-order valence-corrected chi connectivity index (χ4v) is 1.93. The smallest absolute Gasteiger partial charge is 0.329 e. The zero-order valence-corrected chi connectivity index (χ0v) is 8.58. The summed E-state index contributed by atoms with van der Waals surface area (Å²) in [4.78, 5) is 11.8. The number of carbonyl (C=O) groups is 1. The Hall–Kier alpha value is -0.780. The molecule has 0 aliphatic heterocycles. The Bertz CT molecular complexity index is 302. The van der Waals surface area contributed by atoms with Crippen molar-refractivity contribution in [3.8, 4) is 0 Å². The predicted molar refractivity (Wildman–Crippen MR) is 53.6 cm³/mol. The first-order chi connectivity index (χ1) is 6.13. The van der Waals surface area contributed by atoms with Gasteiger partial charge in [0.25, 0.3) is 0 Å². The molecule has 0 saturated carbocycles. The maximum absolute atomic E-state index is 10.8. The van der Waals surface area contributed by atoms with Gasteiger partial charge in [0.15, 0.2) is 0 Å². The number of thiophene rings is 1. The van der Waals surface area contributed by atoms with Crippen LogP contribution in [0.5, 0.6) is 0 Å². The molecule has 6 heteroatoms. The number of nitrogens with one attached hydrogen (secondary N) is 2. The third-order valence-corrected chi connectivity index (χ3v) is 2.91. The molecule has 4 N–H and O–H groups in total. The molecular formula is C7H10ClN3OS. The second kappa shape index (κ2) is 4.45. The zero-order chi connectivity index (χ0) is 9.84. The molecule has 72 valence electrons. The fraction of sp³-hybridized carbons (Fsp3) is 0.286. The highest BCUT2D eigenvalue weighted by atomic mass is 35.5. The van der Waals surface area contributed by atoms with E-state index in [0.29, 0.717) is 4.34 Å². The first-order valence-electron chi connectivity index (χ1n) is 3.66. The van der Waals surface area contributed by atoms with E-state index in [2.05, 4.69) is 5.32 Å². The molecule has 0 radical (unpaired) electrons. The number of rotatable bonds is 2. The summed E-state index contributed by atoms with van der Waals surface area (Å²) in [5.41, 5.74) is 1.99. The van der Waals surface area contributed by atoms with Crippen LogP contribution in [0.3, 0.4) is 0 Å². The maximum atomic E-state index is 10.8. The summed E-state index contributed by atoms with van der Waals surface area (Å²) in [5.74, 6) is 4.92. The first-order valence-corrected chi connectivity index (χ1v) is 4.85. The van der Waals surface area contributed by atoms with Gasteiger partial charge in [-0.2, -0.15) is 0 Å². The average Bonchev–Trinajstić information content (AvgIpc) is 2.51. The van der Waals surface area contributed by atoms with E-state index < -0.39 is 6.03 Å². The molecule has 0 saturated heterocycles. The highest BCUT2D eigenvalue weighted by molar-refractivity contribution is 7.16. The fourth-order valence-electron chi connectivity index (χ4n) is 0.870. The number of urea groups is 1. The van der Waals surface area contributed by atoms with Crippen molar-refractivity contribution >= 4 is 29.0 Å². The van der Waals surface area contributed by atoms with Crippen LogP contribution < -0.4 is 16.6 Å². The lowest BCUT2D eigenvalue weighted by Crippen LogP contribution is -2.40. The number of hydrogen-bond acceptors (Lipinski definition) is 3. The lowest BCUT2D eigenvalue weighted by molar-refractivity contribution is 0.238. The molecular weight excluding hydrogens is 210 g/mol. The predicted octanol–water partition coefficient (Wildman–Crippen LogP) is 1.64. The van der Waals surface area contributed by atoms with Crippen LogP contribution in [0.2, 0.25) is 4.34 Å². The molecule has 0 bridgehead atoms. The molecule has 13 heavy (non-hydrogen) atoms. The molecule has 0 aliphatic rings. The van der Waals surface area contributed by atoms with Crippen molar-refractivity contribution < 1.29 is 4.79 Å². The number of hydrazine groups is 1. The van der Waals surface area contributed by atoms with Crippen LogP contribution in [0.15, 0.2) is 12.1 Å². The minimum Gasteiger partial charge on any atom is -0.330 e. The van der Waals surface area contributed by atoms with Crippen molar-refractivity contribution in [1.29, 1.82) is 0 Å². The molecule has 1 unspecified atom stereocenters. The van der Waals surface area contributed by atoms with Crippen molar-refractivity contribution in [2.45, 2.75) is 13.0 Å². The van der Waals surface area contributed by atoms with E-state index in [1.165, 1.54) is 11.3 Å². The minimum atomic E-state index is -0.406. The highest BCUT2D eigenvalue weighted by Gasteiger charge is 2.09. The zero-order valence-electron chi connectivity index (χ0n) is 7.00. The third kappa shape index (κ3) is 2.87. The maximum Gasteiger partial charge on any atom is 0.329 e. The van der Waals surface area contributed by atoms with Gasteiger partial charge in [0.05, 0.1) is 10.4 Å². The SMILES string of the molecule is CC(NC(=O)NN)c1ccc(Cl)s1. The summed E-state index contributed by atoms with van der Waals surface area (Å²) in [7, 11) is 0. The van der Waals surface area contributed by atoms with Gasteiger partial charge in [-0.05, 0) is 19.1 Å². The molecule has 1 rings (SSSR count). The summed E-state index contributed by atoms with van der Waals surface area (Å²) in [6.07, 6.45) is 0. The highest BCUT2D eigenvalue weighted by Crippen LogP contribution is 2.26. The van der Waals surface area contributed by atoms with E-state index in [4.69, 9.17) is 17.4 Å². The van der Waals surface area contributed by atoms with Gasteiger partial charge in [-0.3, -0.25) is 5.43 Å². The van der Waals surface area contributed by atoms with E-state index in [1.54, 1.807) is 6.07 Å². The summed E-state index contributed by atoms with van der Waals surface area (Å²) in [6, 6.07) is 3.17. The van der Waals surface area contributed by atoms with Crippen LogP contribution in [0, 0.1) is 0 Å². The lowest BCUT2D eigenvalue weighted by Gasteiger charge is -2.10. The van der Waals surface area contributed by atoms with E-state index >= 15 is 0 Å². The summed E-state index contributed by atoms with van der Waals surface area (Å²) in [5, 5.41) is 2.64. The Labute approximate surface area is 85.0 Å². The number of nitrogens with two attached hydrogens (primary N) is 1. The molecule has 1 aromatic rings. The second-order valence-electron chi connectivity index (χ2n) is 2.48. The number of hydrogen-bond donors (Lipinski definition) is 3. The van der Waals surface area contributed by atoms with E-state index in [-0.39, 0.29) is 6.04 Å². The topological polar surface area (TPSA) is 67.2 Å². The third-order valence-electron chi connectivity index (χ3n) is 1.50. The van der Waals surface area contributed by atoms with Crippen LogP contribution in [0.1, 0.15) is 17.8 Å². The van der Waals surface area contributed by atoms with Crippen LogP contribution in [0.25, 0.3) is 0 Å². The van der Waals surface area contributed by atoms with Gasteiger partial charge >= 0.3 is 6.03 Å². The molecule has 4 nitrogen and oxygen atoms in total. The number of carbonyl (C=O) groups excluding carboxylic acids is 1. The van der Waals surface area contributed by atoms with Gasteiger partial charge in [0, 0.05) is 4.88 Å². The number of amides is 2. The van der Waals surface area contributed by atoms with Crippen molar-refractivity contribution in [3.63, 3.8) is 0 Å². The van der Waals surface area contributed by atoms with Crippen molar-refractivity contribution in [1.82, 2.24) is 10.7 Å². The molecule has 0 fully saturated rings. The van der Waals surface area contributed by atoms with Gasteiger partial charge in [-0.25, -0.2) is 10.6 Å². The molecule has 1 atom stereocenters. The van der Waals surface area contributed by atoms with Crippen LogP contribution in [0.4, 0.5) is 4.79 Å². The van der Waals surface area contributed by atoms with Gasteiger partial charge < -0.3 is 5.32 Å². The lowest BCUT2D eigenvalue weighted by atomic mass is 10.3. The molecule has 1 heterocycles. The Kier molecular flexibility index (Phi) is 3.53. The van der Waals surface area contributed by atoms with Crippen LogP contribution in [-0.2, 0) is 0 Å². The monoisotopic (exact) mass is 219 g/mol. The quantitative estimate of drug-likeness (QED) is 0.402. The van der Waals surface area contributed by atoms with E-state index in [0.717, 1.165) is 4.88 Å². The van der Waals surface area contributed by atoms with Crippen molar-refractivity contribution in [2.75, 3.05) is 0 Å². The van der Waals surface area contributed by atoms with Crippen LogP contribution in [-0.4, -0.2) is 6.03 Å². The molecule has 0 spiro atoms. The van der Waals surface area contributed by atoms with Crippen molar-refractivity contribution in [3.05, 3.63) is 21.3 Å². The van der Waals surface area contributed by atoms with Gasteiger partial charge in [-0.1, -0.05) is 11.6 Å². The van der Waals surface area contributed by atoms with E-state index in [1.807, 2.05) is 18.4 Å². The first kappa shape index (κ1) is 10.3. The Morgan fingerprint density at radius 1 is 1.69 bits per heavy atom. The normalized spacial score (nSPS) is 12.2.